The van der Waals surface area contributed by atoms with Crippen molar-refractivity contribution in [3.05, 3.63) is 48.4 Å². The Balaban J connectivity index is 1.71. The Bertz CT molecular complexity index is 535. The third-order valence-corrected chi connectivity index (χ3v) is 2.76. The number of benzene rings is 1. The van der Waals surface area contributed by atoms with Crippen LogP contribution in [0.1, 0.15) is 18.9 Å². The third-order valence-electron chi connectivity index (χ3n) is 2.76. The second-order valence-corrected chi connectivity index (χ2v) is 4.60. The maximum Gasteiger partial charge on any atom is 0.231 e. The molecule has 0 atom stereocenters. The fourth-order valence-corrected chi connectivity index (χ4v) is 1.80. The van der Waals surface area contributed by atoms with E-state index in [-0.39, 0.29) is 0 Å². The minimum Gasteiger partial charge on any atom is -0.493 e. The first kappa shape index (κ1) is 14.2. The predicted molar refractivity (Wildman–Crippen MR) is 79.3 cm³/mol. The van der Waals surface area contributed by atoms with E-state index in [9.17, 15) is 0 Å². The Morgan fingerprint density at radius 3 is 2.95 bits per heavy atom. The number of allylic oxidation sites excluding steroid dienone is 2. The predicted octanol–water partition coefficient (Wildman–Crippen LogP) is 3.48. The first-order valence-corrected chi connectivity index (χ1v) is 6.55. The molecule has 1 aromatic rings. The molecule has 0 saturated carbocycles. The van der Waals surface area contributed by atoms with Crippen LogP contribution in [-0.4, -0.2) is 19.6 Å². The number of ether oxygens (including phenoxy) is 3. The summed E-state index contributed by atoms with van der Waals surface area (Å²) in [4.78, 5) is 4.03. The van der Waals surface area contributed by atoms with E-state index >= 15 is 0 Å². The summed E-state index contributed by atoms with van der Waals surface area (Å²) < 4.78 is 16.1. The average Bonchev–Trinajstić information content (AvgIpc) is 2.88. The van der Waals surface area contributed by atoms with Crippen LogP contribution in [0.2, 0.25) is 0 Å². The molecular weight excluding hydrogens is 254 g/mol. The van der Waals surface area contributed by atoms with Gasteiger partial charge in [0.05, 0.1) is 12.8 Å². The SMILES string of the molecule is C=C(C)N=CC(=C)OCCCc1ccc2c(c1)OCO2. The normalized spacial score (nSPS) is 12.7. The van der Waals surface area contributed by atoms with Crippen molar-refractivity contribution >= 4 is 6.21 Å². The number of aliphatic imine (C=N–C) groups is 1. The fourth-order valence-electron chi connectivity index (χ4n) is 1.80. The second-order valence-electron chi connectivity index (χ2n) is 4.60. The molecule has 0 spiro atoms. The number of hydrogen-bond acceptors (Lipinski definition) is 4. The van der Waals surface area contributed by atoms with Gasteiger partial charge in [-0.2, -0.15) is 0 Å². The highest BCUT2D eigenvalue weighted by Crippen LogP contribution is 2.32. The zero-order valence-electron chi connectivity index (χ0n) is 11.7. The summed E-state index contributed by atoms with van der Waals surface area (Å²) in [7, 11) is 0. The van der Waals surface area contributed by atoms with Gasteiger partial charge in [-0.25, -0.2) is 0 Å². The first-order chi connectivity index (χ1) is 9.65. The Kier molecular flexibility index (Phi) is 4.82. The van der Waals surface area contributed by atoms with Crippen LogP contribution in [0.5, 0.6) is 11.5 Å². The zero-order valence-corrected chi connectivity index (χ0v) is 11.7. The van der Waals surface area contributed by atoms with E-state index < -0.39 is 0 Å². The van der Waals surface area contributed by atoms with Crippen molar-refractivity contribution in [2.75, 3.05) is 13.4 Å². The molecule has 0 aliphatic carbocycles. The van der Waals surface area contributed by atoms with Gasteiger partial charge in [0.15, 0.2) is 11.5 Å². The smallest absolute Gasteiger partial charge is 0.231 e. The lowest BCUT2D eigenvalue weighted by Crippen LogP contribution is -1.97. The number of nitrogens with zero attached hydrogens (tertiary/aromatic N) is 1. The van der Waals surface area contributed by atoms with Crippen molar-refractivity contribution in [1.29, 1.82) is 0 Å². The highest BCUT2D eigenvalue weighted by molar-refractivity contribution is 5.75. The summed E-state index contributed by atoms with van der Waals surface area (Å²) in [5, 5.41) is 0. The molecule has 0 bridgehead atoms. The Labute approximate surface area is 119 Å². The number of aryl methyl sites for hydroxylation is 1. The Hall–Kier alpha value is -2.23. The van der Waals surface area contributed by atoms with Gasteiger partial charge in [-0.05, 0) is 37.5 Å². The van der Waals surface area contributed by atoms with Crippen LogP contribution in [0.4, 0.5) is 0 Å². The molecule has 2 rings (SSSR count). The molecule has 1 aromatic carbocycles. The topological polar surface area (TPSA) is 40.0 Å². The number of hydrogen-bond donors (Lipinski definition) is 0. The van der Waals surface area contributed by atoms with Crippen LogP contribution >= 0.6 is 0 Å². The molecule has 0 radical (unpaired) electrons. The zero-order chi connectivity index (χ0) is 14.4. The molecule has 0 N–H and O–H groups in total. The van der Waals surface area contributed by atoms with E-state index in [0.29, 0.717) is 19.2 Å². The lowest BCUT2D eigenvalue weighted by molar-refractivity contribution is 0.174. The van der Waals surface area contributed by atoms with E-state index in [2.05, 4.69) is 18.2 Å². The van der Waals surface area contributed by atoms with Crippen LogP contribution in [0.25, 0.3) is 0 Å². The van der Waals surface area contributed by atoms with Crippen molar-refractivity contribution in [3.63, 3.8) is 0 Å². The monoisotopic (exact) mass is 273 g/mol. The summed E-state index contributed by atoms with van der Waals surface area (Å²) in [6.07, 6.45) is 3.41. The Morgan fingerprint density at radius 2 is 2.15 bits per heavy atom. The summed E-state index contributed by atoms with van der Waals surface area (Å²) in [6.45, 7) is 10.2. The van der Waals surface area contributed by atoms with Crippen LogP contribution in [0, 0.1) is 0 Å². The molecule has 4 heteroatoms. The van der Waals surface area contributed by atoms with Gasteiger partial charge in [0.1, 0.15) is 5.76 Å². The van der Waals surface area contributed by atoms with Crippen molar-refractivity contribution < 1.29 is 14.2 Å². The number of fused-ring (bicyclic) bond motifs is 1. The van der Waals surface area contributed by atoms with Gasteiger partial charge in [0.2, 0.25) is 6.79 Å². The lowest BCUT2D eigenvalue weighted by Gasteiger charge is -2.06. The van der Waals surface area contributed by atoms with Crippen molar-refractivity contribution in [1.82, 2.24) is 0 Å². The molecule has 0 unspecified atom stereocenters. The molecule has 1 aliphatic rings. The molecule has 1 aliphatic heterocycles. The summed E-state index contributed by atoms with van der Waals surface area (Å²) in [5.74, 6) is 2.19. The largest absolute Gasteiger partial charge is 0.493 e. The third kappa shape index (κ3) is 4.16. The van der Waals surface area contributed by atoms with Gasteiger partial charge in [-0.3, -0.25) is 4.99 Å². The molecule has 0 aromatic heterocycles. The minimum absolute atomic E-state index is 0.309. The van der Waals surface area contributed by atoms with Crippen LogP contribution in [-0.2, 0) is 11.2 Å². The van der Waals surface area contributed by atoms with Gasteiger partial charge in [0.25, 0.3) is 0 Å². The van der Waals surface area contributed by atoms with Gasteiger partial charge in [0, 0.05) is 5.70 Å². The van der Waals surface area contributed by atoms with Gasteiger partial charge < -0.3 is 14.2 Å². The first-order valence-electron chi connectivity index (χ1n) is 6.55. The lowest BCUT2D eigenvalue weighted by atomic mass is 10.1. The molecule has 4 nitrogen and oxygen atoms in total. The summed E-state index contributed by atoms with van der Waals surface area (Å²) in [5.41, 5.74) is 1.94. The van der Waals surface area contributed by atoms with Crippen LogP contribution in [0.15, 0.2) is 47.8 Å². The standard InChI is InChI=1S/C16H19NO3/c1-12(2)17-10-13(3)18-8-4-5-14-6-7-15-16(9-14)20-11-19-15/h6-7,9-10H,1,3-5,8,11H2,2H3. The molecule has 1 heterocycles. The molecule has 0 saturated heterocycles. The van der Waals surface area contributed by atoms with Crippen LogP contribution < -0.4 is 9.47 Å². The van der Waals surface area contributed by atoms with Gasteiger partial charge in [-0.15, -0.1) is 0 Å². The van der Waals surface area contributed by atoms with E-state index in [4.69, 9.17) is 14.2 Å². The average molecular weight is 273 g/mol. The summed E-state index contributed by atoms with van der Waals surface area (Å²) in [6, 6.07) is 6.00. The highest BCUT2D eigenvalue weighted by atomic mass is 16.7. The number of rotatable bonds is 7. The van der Waals surface area contributed by atoms with Crippen molar-refractivity contribution in [3.8, 4) is 11.5 Å². The van der Waals surface area contributed by atoms with E-state index in [0.717, 1.165) is 30.0 Å². The van der Waals surface area contributed by atoms with Gasteiger partial charge in [-0.1, -0.05) is 19.2 Å². The second kappa shape index (κ2) is 6.80. The molecule has 0 fully saturated rings. The van der Waals surface area contributed by atoms with Gasteiger partial charge >= 0.3 is 0 Å². The molecule has 0 amide bonds. The Morgan fingerprint density at radius 1 is 1.35 bits per heavy atom. The minimum atomic E-state index is 0.309. The van der Waals surface area contributed by atoms with E-state index in [1.807, 2.05) is 25.1 Å². The highest BCUT2D eigenvalue weighted by Gasteiger charge is 2.12. The molecule has 106 valence electrons. The fraction of sp³-hybridized carbons (Fsp3) is 0.312. The molecular formula is C16H19NO3. The maximum atomic E-state index is 5.47. The van der Waals surface area contributed by atoms with Crippen molar-refractivity contribution in [2.24, 2.45) is 4.99 Å². The van der Waals surface area contributed by atoms with Crippen molar-refractivity contribution in [2.45, 2.75) is 19.8 Å². The summed E-state index contributed by atoms with van der Waals surface area (Å²) >= 11 is 0. The molecule has 20 heavy (non-hydrogen) atoms. The van der Waals surface area contributed by atoms with E-state index in [1.165, 1.54) is 5.56 Å². The maximum absolute atomic E-state index is 5.47. The quantitative estimate of drug-likeness (QED) is 0.434. The van der Waals surface area contributed by atoms with E-state index in [1.54, 1.807) is 6.21 Å². The van der Waals surface area contributed by atoms with Crippen LogP contribution in [0.3, 0.4) is 0 Å².